The highest BCUT2D eigenvalue weighted by atomic mass is 19.4. The summed E-state index contributed by atoms with van der Waals surface area (Å²) in [6, 6.07) is 0.936. The van der Waals surface area contributed by atoms with Crippen LogP contribution in [-0.2, 0) is 22.3 Å². The van der Waals surface area contributed by atoms with Gasteiger partial charge in [0.05, 0.1) is 7.11 Å². The Balaban J connectivity index is 0.000000511. The zero-order valence-electron chi connectivity index (χ0n) is 10.1. The van der Waals surface area contributed by atoms with Crippen LogP contribution in [0.2, 0.25) is 0 Å². The smallest absolute Gasteiger partial charge is 0.421 e. The van der Waals surface area contributed by atoms with Gasteiger partial charge in [0, 0.05) is 12.7 Å². The molecule has 0 aromatic carbocycles. The molecule has 1 aromatic rings. The van der Waals surface area contributed by atoms with Gasteiger partial charge in [-0.15, -0.1) is 0 Å². The molecule has 0 amide bonds. The number of carbonyl (C=O) groups is 2. The highest BCUT2D eigenvalue weighted by Gasteiger charge is 2.35. The summed E-state index contributed by atoms with van der Waals surface area (Å²) in [5, 5.41) is 14.8. The van der Waals surface area contributed by atoms with Crippen molar-refractivity contribution in [2.45, 2.75) is 12.7 Å². The van der Waals surface area contributed by atoms with Crippen LogP contribution in [0.1, 0.15) is 11.1 Å². The number of aliphatic carboxylic acids is 2. The molecular weight excluding hydrogens is 285 g/mol. The third-order valence-corrected chi connectivity index (χ3v) is 1.83. The Hall–Kier alpha value is -2.36. The molecule has 0 spiro atoms. The van der Waals surface area contributed by atoms with Crippen molar-refractivity contribution in [3.05, 3.63) is 23.4 Å². The Morgan fingerprint density at radius 1 is 1.35 bits per heavy atom. The zero-order valence-corrected chi connectivity index (χ0v) is 10.1. The number of pyridine rings is 1. The molecule has 0 radical (unpaired) electrons. The summed E-state index contributed by atoms with van der Waals surface area (Å²) >= 11 is 0. The molecule has 4 N–H and O–H groups in total. The van der Waals surface area contributed by atoms with Crippen molar-refractivity contribution in [3.63, 3.8) is 0 Å². The number of carboxylic acid groups (broad SMARTS) is 2. The first-order valence-corrected chi connectivity index (χ1v) is 4.89. The molecule has 1 aromatic heterocycles. The zero-order chi connectivity index (χ0) is 15.9. The highest BCUT2D eigenvalue weighted by Crippen LogP contribution is 2.35. The molecule has 7 nitrogen and oxygen atoms in total. The minimum atomic E-state index is -4.47. The van der Waals surface area contributed by atoms with Crippen LogP contribution in [0.15, 0.2) is 12.3 Å². The lowest BCUT2D eigenvalue weighted by molar-refractivity contribution is -0.159. The average Bonchev–Trinajstić information content (AvgIpc) is 2.37. The molecule has 20 heavy (non-hydrogen) atoms. The maximum atomic E-state index is 12.4. The minimum Gasteiger partial charge on any atom is -0.481 e. The first kappa shape index (κ1) is 17.6. The second kappa shape index (κ2) is 7.28. The fourth-order valence-corrected chi connectivity index (χ4v) is 0.973. The van der Waals surface area contributed by atoms with E-state index in [1.54, 1.807) is 0 Å². The van der Waals surface area contributed by atoms with Crippen LogP contribution in [0.5, 0.6) is 5.88 Å². The lowest BCUT2D eigenvalue weighted by atomic mass is 10.2. The molecule has 0 aliphatic carbocycles. The molecule has 112 valence electrons. The van der Waals surface area contributed by atoms with Gasteiger partial charge < -0.3 is 20.7 Å². The number of alkyl halides is 3. The predicted octanol–water partition coefficient (Wildman–Crippen LogP) is 0.723. The number of carboxylic acids is 2. The van der Waals surface area contributed by atoms with E-state index in [0.717, 1.165) is 13.2 Å². The number of halogens is 3. The molecule has 0 saturated carbocycles. The van der Waals surface area contributed by atoms with E-state index in [1.807, 2.05) is 0 Å². The summed E-state index contributed by atoms with van der Waals surface area (Å²) in [7, 11) is 1.14. The lowest BCUT2D eigenvalue weighted by Gasteiger charge is -2.11. The van der Waals surface area contributed by atoms with Gasteiger partial charge in [-0.2, -0.15) is 13.2 Å². The number of nitrogens with zero attached hydrogens (tertiary/aromatic N) is 1. The standard InChI is InChI=1S/C8H9F3N2O.C2H2O4/c1-14-7-6(8(9,10)11)2-5(3-12)4-13-7;3-1(4)2(5)6/h2,4H,3,12H2,1H3;(H,3,4)(H,5,6). The summed E-state index contributed by atoms with van der Waals surface area (Å²) in [5.74, 6) is -4.08. The van der Waals surface area contributed by atoms with Gasteiger partial charge in [0.1, 0.15) is 5.56 Å². The van der Waals surface area contributed by atoms with Crippen LogP contribution in [0.4, 0.5) is 13.2 Å². The quantitative estimate of drug-likeness (QED) is 0.687. The third kappa shape index (κ3) is 5.52. The van der Waals surface area contributed by atoms with Crippen molar-refractivity contribution in [2.75, 3.05) is 7.11 Å². The molecule has 10 heteroatoms. The summed E-state index contributed by atoms with van der Waals surface area (Å²) < 4.78 is 41.7. The van der Waals surface area contributed by atoms with Crippen molar-refractivity contribution in [1.29, 1.82) is 0 Å². The van der Waals surface area contributed by atoms with Crippen LogP contribution in [-0.4, -0.2) is 34.2 Å². The molecule has 1 heterocycles. The van der Waals surface area contributed by atoms with Crippen LogP contribution in [0.25, 0.3) is 0 Å². The maximum absolute atomic E-state index is 12.4. The SMILES string of the molecule is COc1ncc(CN)cc1C(F)(F)F.O=C(O)C(=O)O. The second-order valence-corrected chi connectivity index (χ2v) is 3.21. The van der Waals surface area contributed by atoms with Gasteiger partial charge in [-0.05, 0) is 11.6 Å². The fourth-order valence-electron chi connectivity index (χ4n) is 0.973. The van der Waals surface area contributed by atoms with Gasteiger partial charge in [-0.3, -0.25) is 0 Å². The third-order valence-electron chi connectivity index (χ3n) is 1.83. The normalized spacial score (nSPS) is 10.2. The minimum absolute atomic E-state index is 0.0140. The molecular formula is C10H11F3N2O5. The van der Waals surface area contributed by atoms with Gasteiger partial charge in [0.15, 0.2) is 0 Å². The number of ether oxygens (including phenoxy) is 1. The molecule has 0 aliphatic heterocycles. The number of hydrogen-bond acceptors (Lipinski definition) is 5. The summed E-state index contributed by atoms with van der Waals surface area (Å²) in [6.45, 7) is 0.0140. The molecule has 0 unspecified atom stereocenters. The van der Waals surface area contributed by atoms with E-state index in [9.17, 15) is 13.2 Å². The Morgan fingerprint density at radius 3 is 2.15 bits per heavy atom. The highest BCUT2D eigenvalue weighted by molar-refractivity contribution is 6.27. The van der Waals surface area contributed by atoms with Crippen LogP contribution >= 0.6 is 0 Å². The van der Waals surface area contributed by atoms with E-state index >= 15 is 0 Å². The molecule has 0 aliphatic rings. The molecule has 1 rings (SSSR count). The summed E-state index contributed by atoms with van der Waals surface area (Å²) in [6.07, 6.45) is -3.21. The average molecular weight is 296 g/mol. The summed E-state index contributed by atoms with van der Waals surface area (Å²) in [4.78, 5) is 21.7. The lowest BCUT2D eigenvalue weighted by Crippen LogP contribution is -2.10. The Morgan fingerprint density at radius 2 is 1.85 bits per heavy atom. The van der Waals surface area contributed by atoms with E-state index in [0.29, 0.717) is 5.56 Å². The number of rotatable bonds is 2. The number of methoxy groups -OCH3 is 1. The fraction of sp³-hybridized carbons (Fsp3) is 0.300. The largest absolute Gasteiger partial charge is 0.481 e. The van der Waals surface area contributed by atoms with E-state index in [-0.39, 0.29) is 6.54 Å². The second-order valence-electron chi connectivity index (χ2n) is 3.21. The predicted molar refractivity (Wildman–Crippen MR) is 59.0 cm³/mol. The molecule has 0 bridgehead atoms. The Bertz CT molecular complexity index is 478. The van der Waals surface area contributed by atoms with Gasteiger partial charge in [-0.25, -0.2) is 14.6 Å². The van der Waals surface area contributed by atoms with Crippen LogP contribution in [0, 0.1) is 0 Å². The van der Waals surface area contributed by atoms with Gasteiger partial charge >= 0.3 is 18.1 Å². The molecule has 0 fully saturated rings. The van der Waals surface area contributed by atoms with Gasteiger partial charge in [0.25, 0.3) is 0 Å². The van der Waals surface area contributed by atoms with Crippen molar-refractivity contribution in [3.8, 4) is 5.88 Å². The van der Waals surface area contributed by atoms with E-state index in [4.69, 9.17) is 25.5 Å². The van der Waals surface area contributed by atoms with E-state index in [1.165, 1.54) is 6.20 Å². The number of aromatic nitrogens is 1. The molecule has 0 saturated heterocycles. The maximum Gasteiger partial charge on any atom is 0.421 e. The topological polar surface area (TPSA) is 123 Å². The van der Waals surface area contributed by atoms with Crippen molar-refractivity contribution < 1.29 is 37.7 Å². The van der Waals surface area contributed by atoms with Crippen molar-refractivity contribution in [1.82, 2.24) is 4.98 Å². The Kier molecular flexibility index (Phi) is 6.42. The molecule has 0 atom stereocenters. The summed E-state index contributed by atoms with van der Waals surface area (Å²) in [5.41, 5.74) is 4.62. The van der Waals surface area contributed by atoms with Gasteiger partial charge in [-0.1, -0.05) is 0 Å². The van der Waals surface area contributed by atoms with Crippen molar-refractivity contribution >= 4 is 11.9 Å². The number of hydrogen-bond donors (Lipinski definition) is 3. The van der Waals surface area contributed by atoms with Crippen LogP contribution in [0.3, 0.4) is 0 Å². The number of nitrogens with two attached hydrogens (primary N) is 1. The van der Waals surface area contributed by atoms with Crippen LogP contribution < -0.4 is 10.5 Å². The van der Waals surface area contributed by atoms with Gasteiger partial charge in [0.2, 0.25) is 5.88 Å². The monoisotopic (exact) mass is 296 g/mol. The van der Waals surface area contributed by atoms with Crippen molar-refractivity contribution in [2.24, 2.45) is 5.73 Å². The first-order valence-electron chi connectivity index (χ1n) is 4.89. The first-order chi connectivity index (χ1) is 9.13. The Labute approximate surface area is 110 Å². The van der Waals surface area contributed by atoms with E-state index < -0.39 is 29.6 Å². The van der Waals surface area contributed by atoms with E-state index in [2.05, 4.69) is 9.72 Å².